The Hall–Kier alpha value is -7.47. The topological polar surface area (TPSA) is 24.9 Å². The predicted molar refractivity (Wildman–Crippen MR) is 391 cm³/mol. The maximum Gasteiger partial charge on any atom is 0.0738 e. The second-order valence-corrected chi connectivity index (χ2v) is 21.1. The number of nitrogens with zero attached hydrogens (tertiary/aromatic N) is 1. The van der Waals surface area contributed by atoms with Gasteiger partial charge >= 0.3 is 0 Å². The molecule has 1 N–H and O–H groups in total. The lowest BCUT2D eigenvalue weighted by Gasteiger charge is -2.32. The van der Waals surface area contributed by atoms with Gasteiger partial charge in [0.05, 0.1) is 11.4 Å². The molecule has 0 aliphatic heterocycles. The first kappa shape index (κ1) is 76.5. The van der Waals surface area contributed by atoms with Gasteiger partial charge in [-0.1, -0.05) is 264 Å². The summed E-state index contributed by atoms with van der Waals surface area (Å²) in [6.45, 7) is 44.3. The molecule has 1 heterocycles. The number of aromatic nitrogens is 1. The largest absolute Gasteiger partial charge is 0.362 e. The molecule has 0 saturated heterocycles. The van der Waals surface area contributed by atoms with Gasteiger partial charge in [-0.15, -0.1) is 19.4 Å². The van der Waals surface area contributed by atoms with E-state index in [9.17, 15) is 0 Å². The van der Waals surface area contributed by atoms with Crippen molar-refractivity contribution in [2.45, 2.75) is 207 Å². The zero-order valence-corrected chi connectivity index (χ0v) is 57.0. The van der Waals surface area contributed by atoms with Crippen LogP contribution in [0.5, 0.6) is 0 Å². The highest BCUT2D eigenvalue weighted by Gasteiger charge is 2.32. The van der Waals surface area contributed by atoms with E-state index in [0.717, 1.165) is 42.6 Å². The highest BCUT2D eigenvalue weighted by atomic mass is 14.8. The van der Waals surface area contributed by atoms with Gasteiger partial charge in [0.15, 0.2) is 0 Å². The van der Waals surface area contributed by atoms with E-state index in [4.69, 9.17) is 4.98 Å². The summed E-state index contributed by atoms with van der Waals surface area (Å²) < 4.78 is 0. The Kier molecular flexibility index (Phi) is 40.0. The van der Waals surface area contributed by atoms with Crippen LogP contribution in [0.3, 0.4) is 0 Å². The van der Waals surface area contributed by atoms with Crippen LogP contribution in [-0.4, -0.2) is 4.98 Å². The first-order valence-corrected chi connectivity index (χ1v) is 32.7. The van der Waals surface area contributed by atoms with Crippen LogP contribution in [0, 0.1) is 40.5 Å². The van der Waals surface area contributed by atoms with Crippen LogP contribution in [-0.2, 0) is 18.3 Å². The van der Waals surface area contributed by atoms with Gasteiger partial charge in [0.2, 0.25) is 0 Å². The molecule has 0 bridgehead atoms. The highest BCUT2D eigenvalue weighted by Crippen LogP contribution is 2.44. The molecular formula is C84H114N2. The molecule has 2 aliphatic carbocycles. The molecule has 2 aliphatic rings. The van der Waals surface area contributed by atoms with Crippen molar-refractivity contribution < 1.29 is 0 Å². The number of allylic oxidation sites excluding steroid dienone is 18. The van der Waals surface area contributed by atoms with Gasteiger partial charge in [0.25, 0.3) is 0 Å². The number of nitrogens with one attached hydrogen (secondary N) is 1. The third-order valence-electron chi connectivity index (χ3n) is 15.3. The van der Waals surface area contributed by atoms with E-state index in [0.29, 0.717) is 0 Å². The lowest BCUT2D eigenvalue weighted by Crippen LogP contribution is -2.24. The summed E-state index contributed by atoms with van der Waals surface area (Å²) in [5.41, 5.74) is 24.3. The van der Waals surface area contributed by atoms with Crippen molar-refractivity contribution in [2.24, 2.45) is 0 Å². The quantitative estimate of drug-likeness (QED) is 0.0305. The Balaban J connectivity index is 0.000000629. The van der Waals surface area contributed by atoms with Crippen LogP contribution in [0.2, 0.25) is 0 Å². The third-order valence-corrected chi connectivity index (χ3v) is 15.3. The molecule has 86 heavy (non-hydrogen) atoms. The average molecular weight is 1150 g/mol. The fourth-order valence-corrected chi connectivity index (χ4v) is 10.5. The number of unbranched alkanes of at least 4 members (excludes halogenated alkanes) is 5. The van der Waals surface area contributed by atoms with Crippen LogP contribution >= 0.6 is 0 Å². The van der Waals surface area contributed by atoms with Gasteiger partial charge in [-0.3, -0.25) is 0 Å². The monoisotopic (exact) mass is 1150 g/mol. The summed E-state index contributed by atoms with van der Waals surface area (Å²) in [7, 11) is 0. The number of benzene rings is 4. The number of rotatable bonds is 23. The number of hydrogen-bond donors (Lipinski definition) is 1. The standard InChI is InChI=1S/C34H36.C22H35N.C20H23N.3C2H6.C2H2/c1-6-10-11-14-26(7-2)21-29-23-30(19-17-25(29)5)34(8-3,9-4)31-20-18-28-22-27-15-12-13-16-32(27)33(28)24-31;1-5-7-9-11-13-15-21-19(3)16-17-22(20(21)4)23-18-14-12-10-8-6-2;1-5-9-15(2)14-17(4)19-13-12-16(3)20(21-19)18-10-7-6-8-11-18;4*1-2/h6-8,10-11,13-14,16-21,23-24H,2-3,9,12,15,22H2,1,4-5H3;11,13-14,16-18,23H,5-10,12,15H2,1-4H3;6-14H,5H2,1-4H3;3*1-2H3;1-2H/b10-6-,14-11-,26-21+;13-11-,18-14-;15-9-,17-14+;;;;. The van der Waals surface area contributed by atoms with Crippen molar-refractivity contribution in [3.05, 3.63) is 267 Å². The van der Waals surface area contributed by atoms with E-state index in [1.807, 2.05) is 72.8 Å². The van der Waals surface area contributed by atoms with Crippen molar-refractivity contribution in [1.82, 2.24) is 4.98 Å². The Morgan fingerprint density at radius 2 is 1.38 bits per heavy atom. The van der Waals surface area contributed by atoms with Crippen molar-refractivity contribution >= 4 is 22.9 Å². The minimum Gasteiger partial charge on any atom is -0.362 e. The summed E-state index contributed by atoms with van der Waals surface area (Å²) in [6, 6.07) is 33.0. The lowest BCUT2D eigenvalue weighted by atomic mass is 9.71. The van der Waals surface area contributed by atoms with Crippen LogP contribution < -0.4 is 5.32 Å². The normalized spacial score (nSPS) is 13.2. The summed E-state index contributed by atoms with van der Waals surface area (Å²) in [5.74, 6) is 0. The van der Waals surface area contributed by atoms with Crippen LogP contribution in [0.4, 0.5) is 5.69 Å². The minimum absolute atomic E-state index is 0.234. The second-order valence-electron chi connectivity index (χ2n) is 21.1. The molecule has 2 heteroatoms. The Labute approximate surface area is 528 Å². The third kappa shape index (κ3) is 24.1. The lowest BCUT2D eigenvalue weighted by molar-refractivity contribution is 0.618. The van der Waals surface area contributed by atoms with Gasteiger partial charge in [-0.25, -0.2) is 4.98 Å². The van der Waals surface area contributed by atoms with Gasteiger partial charge in [-0.05, 0) is 209 Å². The Bertz CT molecular complexity index is 3090. The van der Waals surface area contributed by atoms with Gasteiger partial charge in [0.1, 0.15) is 0 Å². The smallest absolute Gasteiger partial charge is 0.0738 e. The molecule has 5 aromatic rings. The van der Waals surface area contributed by atoms with Gasteiger partial charge < -0.3 is 5.32 Å². The van der Waals surface area contributed by atoms with Crippen LogP contribution in [0.25, 0.3) is 28.5 Å². The summed E-state index contributed by atoms with van der Waals surface area (Å²) >= 11 is 0. The summed E-state index contributed by atoms with van der Waals surface area (Å²) in [4.78, 5) is 4.86. The molecule has 0 radical (unpaired) electrons. The van der Waals surface area contributed by atoms with Crippen molar-refractivity contribution in [3.8, 4) is 24.1 Å². The molecule has 1 aromatic heterocycles. The molecule has 4 aromatic carbocycles. The first-order chi connectivity index (χ1) is 41.9. The van der Waals surface area contributed by atoms with E-state index in [2.05, 4.69) is 259 Å². The maximum atomic E-state index is 4.86. The number of hydrogen-bond acceptors (Lipinski definition) is 2. The fourth-order valence-electron chi connectivity index (χ4n) is 10.5. The number of pyridine rings is 1. The molecule has 460 valence electrons. The van der Waals surface area contributed by atoms with E-state index in [1.165, 1.54) is 141 Å². The number of fused-ring (bicyclic) bond motifs is 2. The van der Waals surface area contributed by atoms with Crippen molar-refractivity contribution in [2.75, 3.05) is 5.32 Å². The Morgan fingerprint density at radius 1 is 0.721 bits per heavy atom. The van der Waals surface area contributed by atoms with Crippen LogP contribution in [0.15, 0.2) is 206 Å². The molecule has 1 unspecified atom stereocenters. The zero-order chi connectivity index (χ0) is 64.3. The molecule has 1 atom stereocenters. The van der Waals surface area contributed by atoms with Crippen molar-refractivity contribution in [3.63, 3.8) is 0 Å². The predicted octanol–water partition coefficient (Wildman–Crippen LogP) is 25.5. The fraction of sp³-hybridized carbons (Fsp3) is 0.369. The molecule has 0 fully saturated rings. The van der Waals surface area contributed by atoms with E-state index < -0.39 is 0 Å². The number of terminal acetylenes is 1. The molecule has 0 saturated carbocycles. The summed E-state index contributed by atoms with van der Waals surface area (Å²) in [5, 5.41) is 3.46. The van der Waals surface area contributed by atoms with E-state index >= 15 is 0 Å². The highest BCUT2D eigenvalue weighted by molar-refractivity contribution is 5.84. The number of aryl methyl sites for hydroxylation is 3. The average Bonchev–Trinajstić information content (AvgIpc) is 1.75. The van der Waals surface area contributed by atoms with Crippen LogP contribution in [0.1, 0.15) is 222 Å². The number of anilines is 1. The molecular weight excluding hydrogens is 1040 g/mol. The molecule has 0 amide bonds. The maximum absolute atomic E-state index is 4.86. The van der Waals surface area contributed by atoms with Crippen molar-refractivity contribution in [1.29, 1.82) is 0 Å². The second kappa shape index (κ2) is 44.9. The molecule has 0 spiro atoms. The SMILES string of the molecule is C#C.C=CC(/C=C\C=C/C)=C\c1cc(C(C=C)(CC)c2ccc3c(c2)C2=C(CCC=C2)C3)ccc1C.CC.CC.CC.CC/C=C(C)\C=C(/C)c1ccc(C)c(-c2ccccc2)n1.CCCC/C=C\Cc1c(C)ccc(N/C=C\CCCCC)c1C. The Morgan fingerprint density at radius 3 is 2.03 bits per heavy atom. The van der Waals surface area contributed by atoms with E-state index in [1.54, 1.807) is 5.57 Å². The first-order valence-electron chi connectivity index (χ1n) is 32.7. The van der Waals surface area contributed by atoms with Gasteiger partial charge in [-0.2, -0.15) is 0 Å². The molecule has 2 nitrogen and oxygen atoms in total. The van der Waals surface area contributed by atoms with Gasteiger partial charge in [0, 0.05) is 16.7 Å². The summed E-state index contributed by atoms with van der Waals surface area (Å²) in [6.07, 6.45) is 56.0. The zero-order valence-electron chi connectivity index (χ0n) is 57.0. The molecule has 7 rings (SSSR count). The minimum atomic E-state index is -0.234. The van der Waals surface area contributed by atoms with E-state index in [-0.39, 0.29) is 5.41 Å².